The second kappa shape index (κ2) is 13.9. The maximum absolute atomic E-state index is 14.9. The molecule has 3 amide bonds. The Morgan fingerprint density at radius 2 is 1.77 bits per heavy atom. The predicted molar refractivity (Wildman–Crippen MR) is 185 cm³/mol. The van der Waals surface area contributed by atoms with Gasteiger partial charge in [-0.2, -0.15) is 0 Å². The number of amides is 3. The molecule has 0 aromatic heterocycles. The molecule has 2 aromatic rings. The Kier molecular flexibility index (Phi) is 10.3. The van der Waals surface area contributed by atoms with Crippen molar-refractivity contribution in [3.05, 3.63) is 85.5 Å². The number of anilines is 1. The van der Waals surface area contributed by atoms with Crippen molar-refractivity contribution in [1.82, 2.24) is 9.80 Å². The van der Waals surface area contributed by atoms with Gasteiger partial charge in [-0.3, -0.25) is 14.4 Å². The highest BCUT2D eigenvalue weighted by atomic mass is 79.9. The van der Waals surface area contributed by atoms with E-state index < -0.39 is 41.2 Å². The molecule has 0 aliphatic carbocycles. The lowest BCUT2D eigenvalue weighted by molar-refractivity contribution is -0.154. The molecule has 47 heavy (non-hydrogen) atoms. The Labute approximate surface area is 286 Å². The van der Waals surface area contributed by atoms with Crippen molar-refractivity contribution in [3.8, 4) is 5.75 Å². The molecule has 3 heterocycles. The maximum atomic E-state index is 14.9. The second-order valence-corrected chi connectivity index (χ2v) is 14.7. The van der Waals surface area contributed by atoms with Crippen molar-refractivity contribution < 1.29 is 29.0 Å². The molecule has 0 saturated carbocycles. The summed E-state index contributed by atoms with van der Waals surface area (Å²) in [5.74, 6) is -2.03. The fourth-order valence-corrected chi connectivity index (χ4v) is 8.59. The number of alkyl halides is 1. The summed E-state index contributed by atoms with van der Waals surface area (Å²) in [4.78, 5) is 49.0. The van der Waals surface area contributed by atoms with E-state index in [2.05, 4.69) is 29.1 Å². The number of rotatable bonds is 13. The number of benzene rings is 2. The van der Waals surface area contributed by atoms with Crippen LogP contribution in [-0.4, -0.2) is 93.1 Å². The van der Waals surface area contributed by atoms with Gasteiger partial charge in [-0.25, -0.2) is 0 Å². The number of likely N-dealkylation sites (tertiary alicyclic amines) is 1. The first kappa shape index (κ1) is 34.9. The molecule has 2 bridgehead atoms. The molecule has 7 atom stereocenters. The van der Waals surface area contributed by atoms with E-state index in [1.807, 2.05) is 82.3 Å². The summed E-state index contributed by atoms with van der Waals surface area (Å²) >= 11 is 3.79. The largest absolute Gasteiger partial charge is 0.494 e. The summed E-state index contributed by atoms with van der Waals surface area (Å²) in [5, 5.41) is 10.8. The van der Waals surface area contributed by atoms with Crippen molar-refractivity contribution >= 4 is 39.3 Å². The van der Waals surface area contributed by atoms with Crippen LogP contribution in [0.25, 0.3) is 0 Å². The number of aliphatic hydroxyl groups excluding tert-OH is 1. The third kappa shape index (κ3) is 6.27. The normalized spacial score (nSPS) is 26.9. The Morgan fingerprint density at radius 1 is 1.11 bits per heavy atom. The molecule has 3 aliphatic heterocycles. The summed E-state index contributed by atoms with van der Waals surface area (Å²) in [6.45, 7) is 16.1. The molecular formula is C37H46BrN3O6. The van der Waals surface area contributed by atoms with Gasteiger partial charge in [0.05, 0.1) is 37.2 Å². The minimum absolute atomic E-state index is 0.216. The average Bonchev–Trinajstić information content (AvgIpc) is 3.64. The summed E-state index contributed by atoms with van der Waals surface area (Å²) < 4.78 is 12.4. The van der Waals surface area contributed by atoms with Crippen LogP contribution in [0.3, 0.4) is 0 Å². The molecule has 5 rings (SSSR count). The van der Waals surface area contributed by atoms with E-state index in [4.69, 9.17) is 9.47 Å². The number of nitrogens with zero attached hydrogens (tertiary/aromatic N) is 3. The van der Waals surface area contributed by atoms with Crippen LogP contribution in [-0.2, 0) is 25.5 Å². The summed E-state index contributed by atoms with van der Waals surface area (Å²) in [6, 6.07) is 15.1. The number of hydrogen-bond acceptors (Lipinski definition) is 6. The number of fused-ring (bicyclic) bond motifs is 1. The molecule has 3 fully saturated rings. The smallest absolute Gasteiger partial charge is 0.249 e. The van der Waals surface area contributed by atoms with Crippen molar-refractivity contribution in [2.24, 2.45) is 11.8 Å². The maximum Gasteiger partial charge on any atom is 0.249 e. The molecule has 3 saturated heterocycles. The molecule has 252 valence electrons. The number of carbonyl (C=O) groups is 3. The molecule has 3 aliphatic rings. The lowest BCUT2D eigenvalue weighted by Gasteiger charge is -2.43. The van der Waals surface area contributed by atoms with E-state index in [1.54, 1.807) is 22.0 Å². The van der Waals surface area contributed by atoms with Gasteiger partial charge in [0.25, 0.3) is 0 Å². The molecule has 9 nitrogen and oxygen atoms in total. The lowest BCUT2D eigenvalue weighted by atomic mass is 9.70. The van der Waals surface area contributed by atoms with Gasteiger partial charge in [-0.15, -0.1) is 13.2 Å². The van der Waals surface area contributed by atoms with Crippen molar-refractivity contribution in [1.29, 1.82) is 0 Å². The fourth-order valence-electron chi connectivity index (χ4n) is 7.65. The SMILES string of the molecule is C=CCN(C(=O)[C@H]1[C@@H]2OC3(CC2Br)C(C(=O)N(CC=C)C(C)(C)C)N([C@@H](CO)Cc2ccccc2)C(=O)[C@H]13)c1ccc(OCC)cc1. The minimum atomic E-state index is -1.28. The molecule has 0 radical (unpaired) electrons. The van der Waals surface area contributed by atoms with Gasteiger partial charge in [0.15, 0.2) is 0 Å². The van der Waals surface area contributed by atoms with Crippen LogP contribution in [0.5, 0.6) is 5.75 Å². The standard InChI is InChI=1S/C37H46BrN3O6/c1-7-19-39(25-15-17-27(18-16-25)46-9-3)33(43)29-30-34(44)41(26(23-42)21-24-13-11-10-12-14-24)32(37(30)22-28(38)31(29)47-37)35(45)40(20-8-2)36(4,5)6/h7-8,10-18,26,28-32,42H,1-2,9,19-23H2,3-6H3/t26-,28?,29-,30+,31-,32?,37?/m1/s1. The first-order valence-corrected chi connectivity index (χ1v) is 17.2. The quantitative estimate of drug-likeness (QED) is 0.238. The third-order valence-electron chi connectivity index (χ3n) is 9.59. The molecular weight excluding hydrogens is 662 g/mol. The lowest BCUT2D eigenvalue weighted by Crippen LogP contribution is -2.62. The van der Waals surface area contributed by atoms with Crippen LogP contribution in [0, 0.1) is 11.8 Å². The summed E-state index contributed by atoms with van der Waals surface area (Å²) in [5.41, 5.74) is -0.321. The Morgan fingerprint density at radius 3 is 2.34 bits per heavy atom. The van der Waals surface area contributed by atoms with Crippen LogP contribution in [0.4, 0.5) is 5.69 Å². The number of aliphatic hydroxyl groups is 1. The number of carbonyl (C=O) groups excluding carboxylic acids is 3. The zero-order valence-electron chi connectivity index (χ0n) is 27.7. The van der Waals surface area contributed by atoms with Gasteiger partial charge in [0.1, 0.15) is 17.4 Å². The highest BCUT2D eigenvalue weighted by molar-refractivity contribution is 9.09. The first-order chi connectivity index (χ1) is 22.4. The van der Waals surface area contributed by atoms with E-state index >= 15 is 0 Å². The Hall–Kier alpha value is -3.47. The molecule has 3 unspecified atom stereocenters. The van der Waals surface area contributed by atoms with Gasteiger partial charge < -0.3 is 29.3 Å². The van der Waals surface area contributed by atoms with Crippen LogP contribution in [0.1, 0.15) is 39.7 Å². The zero-order valence-corrected chi connectivity index (χ0v) is 29.3. The Balaban J connectivity index is 1.61. The van der Waals surface area contributed by atoms with Crippen molar-refractivity contribution in [3.63, 3.8) is 0 Å². The van der Waals surface area contributed by atoms with Gasteiger partial charge in [0.2, 0.25) is 17.7 Å². The molecule has 1 spiro atoms. The number of ether oxygens (including phenoxy) is 2. The summed E-state index contributed by atoms with van der Waals surface area (Å²) in [6.07, 6.45) is 3.39. The topological polar surface area (TPSA) is 99.6 Å². The number of hydrogen-bond donors (Lipinski definition) is 1. The zero-order chi connectivity index (χ0) is 34.1. The van der Waals surface area contributed by atoms with E-state index in [0.29, 0.717) is 30.9 Å². The van der Waals surface area contributed by atoms with Crippen LogP contribution in [0.15, 0.2) is 79.9 Å². The average molecular weight is 709 g/mol. The van der Waals surface area contributed by atoms with Crippen molar-refractivity contribution in [2.45, 2.75) is 74.7 Å². The first-order valence-electron chi connectivity index (χ1n) is 16.3. The monoisotopic (exact) mass is 707 g/mol. The predicted octanol–water partition coefficient (Wildman–Crippen LogP) is 4.77. The van der Waals surface area contributed by atoms with Gasteiger partial charge in [-0.05, 0) is 70.4 Å². The van der Waals surface area contributed by atoms with Gasteiger partial charge in [0, 0.05) is 29.1 Å². The van der Waals surface area contributed by atoms with E-state index in [9.17, 15) is 19.5 Å². The molecule has 10 heteroatoms. The van der Waals surface area contributed by atoms with Crippen molar-refractivity contribution in [2.75, 3.05) is 31.2 Å². The third-order valence-corrected chi connectivity index (χ3v) is 10.4. The fraction of sp³-hybridized carbons (Fsp3) is 0.486. The highest BCUT2D eigenvalue weighted by Crippen LogP contribution is 2.61. The van der Waals surface area contributed by atoms with Gasteiger partial charge >= 0.3 is 0 Å². The summed E-state index contributed by atoms with van der Waals surface area (Å²) in [7, 11) is 0. The van der Waals surface area contributed by atoms with E-state index in [-0.39, 0.29) is 42.2 Å². The minimum Gasteiger partial charge on any atom is -0.494 e. The van der Waals surface area contributed by atoms with Crippen LogP contribution in [0.2, 0.25) is 0 Å². The number of halogens is 1. The van der Waals surface area contributed by atoms with Crippen LogP contribution < -0.4 is 9.64 Å². The van der Waals surface area contributed by atoms with Crippen LogP contribution >= 0.6 is 15.9 Å². The molecule has 1 N–H and O–H groups in total. The Bertz CT molecular complexity index is 1480. The van der Waals surface area contributed by atoms with E-state index in [1.165, 1.54) is 4.90 Å². The van der Waals surface area contributed by atoms with E-state index in [0.717, 1.165) is 5.56 Å². The molecule has 2 aromatic carbocycles. The highest BCUT2D eigenvalue weighted by Gasteiger charge is 2.77. The van der Waals surface area contributed by atoms with Gasteiger partial charge in [-0.1, -0.05) is 58.4 Å². The second-order valence-electron chi connectivity index (χ2n) is 13.5.